The molecule has 0 fully saturated rings. The number of rotatable bonds is 2. The summed E-state index contributed by atoms with van der Waals surface area (Å²) in [5.74, 6) is -1.44. The highest BCUT2D eigenvalue weighted by Crippen LogP contribution is 1.96. The minimum atomic E-state index is -1.08. The predicted octanol–water partition coefficient (Wildman–Crippen LogP) is 2.24. The van der Waals surface area contributed by atoms with E-state index in [-0.39, 0.29) is 11.5 Å². The summed E-state index contributed by atoms with van der Waals surface area (Å²) in [5, 5.41) is 8.50. The van der Waals surface area contributed by atoms with Crippen LogP contribution in [0, 0.1) is 0 Å². The summed E-state index contributed by atoms with van der Waals surface area (Å²) in [6.07, 6.45) is 7.71. The van der Waals surface area contributed by atoms with E-state index in [1.54, 1.807) is 36.9 Å². The van der Waals surface area contributed by atoms with Gasteiger partial charge in [0, 0.05) is 36.4 Å². The third kappa shape index (κ3) is 5.45. The van der Waals surface area contributed by atoms with Crippen LogP contribution in [0.5, 0.6) is 0 Å². The van der Waals surface area contributed by atoms with Gasteiger partial charge in [-0.25, -0.2) is 4.79 Å². The number of nitrogens with zero attached hydrogens (tertiary/aromatic N) is 2. The number of hydrogen-bond acceptors (Lipinski definition) is 3. The Morgan fingerprint density at radius 1 is 1.05 bits per heavy atom. The lowest BCUT2D eigenvalue weighted by atomic mass is 10.3. The van der Waals surface area contributed by atoms with Gasteiger partial charge >= 0.3 is 5.97 Å². The van der Waals surface area contributed by atoms with E-state index in [0.29, 0.717) is 0 Å². The molecule has 2 heterocycles. The number of hydrogen-bond donors (Lipinski definition) is 1. The average molecular weight is 258 g/mol. The highest BCUT2D eigenvalue weighted by molar-refractivity contribution is 5.98. The number of allylic oxidation sites excluding steroid dienone is 1. The molecule has 0 atom stereocenters. The van der Waals surface area contributed by atoms with Crippen molar-refractivity contribution < 1.29 is 14.7 Å². The molecule has 0 saturated carbocycles. The fourth-order valence-electron chi connectivity index (χ4n) is 1.12. The Labute approximate surface area is 110 Å². The summed E-state index contributed by atoms with van der Waals surface area (Å²) in [6, 6.07) is 9.11. The largest absolute Gasteiger partial charge is 0.478 e. The van der Waals surface area contributed by atoms with Crippen LogP contribution in [-0.2, 0) is 4.79 Å². The van der Waals surface area contributed by atoms with Gasteiger partial charge < -0.3 is 5.11 Å². The Morgan fingerprint density at radius 2 is 1.63 bits per heavy atom. The van der Waals surface area contributed by atoms with E-state index in [1.165, 1.54) is 11.5 Å². The van der Waals surface area contributed by atoms with Crippen molar-refractivity contribution in [2.24, 2.45) is 0 Å². The van der Waals surface area contributed by atoms with Gasteiger partial charge in [-0.1, -0.05) is 6.07 Å². The molecule has 5 nitrogen and oxygen atoms in total. The molecule has 0 spiro atoms. The molecule has 0 bridgehead atoms. The highest BCUT2D eigenvalue weighted by Gasteiger charge is 2.04. The van der Waals surface area contributed by atoms with Gasteiger partial charge in [0.25, 0.3) is 5.91 Å². The molecule has 0 amide bonds. The van der Waals surface area contributed by atoms with E-state index in [4.69, 9.17) is 5.11 Å². The molecule has 2 aromatic heterocycles. The zero-order chi connectivity index (χ0) is 14.1. The zero-order valence-electron chi connectivity index (χ0n) is 10.4. The number of carboxylic acids is 1. The van der Waals surface area contributed by atoms with Crippen LogP contribution in [0.15, 0.2) is 66.8 Å². The van der Waals surface area contributed by atoms with Crippen molar-refractivity contribution in [3.8, 4) is 0 Å². The molecule has 2 rings (SSSR count). The SMILES string of the molecule is CC(=CC(=O)n1cccc1)C(=O)O.c1ccncc1. The lowest BCUT2D eigenvalue weighted by Gasteiger charge is -1.95. The average Bonchev–Trinajstić information content (AvgIpc) is 2.95. The van der Waals surface area contributed by atoms with Crippen molar-refractivity contribution in [1.82, 2.24) is 9.55 Å². The molecule has 2 aromatic rings. The first-order valence-electron chi connectivity index (χ1n) is 5.55. The molecule has 0 saturated heterocycles. The standard InChI is InChI=1S/C9H9NO3.C5H5N/c1-7(9(12)13)6-8(11)10-4-2-3-5-10;1-2-4-6-5-3-1/h2-6H,1H3,(H,12,13);1-5H. The Hall–Kier alpha value is -2.69. The predicted molar refractivity (Wildman–Crippen MR) is 70.7 cm³/mol. The van der Waals surface area contributed by atoms with Crippen LogP contribution in [0.2, 0.25) is 0 Å². The third-order valence-electron chi connectivity index (χ3n) is 2.10. The maximum atomic E-state index is 11.2. The molecule has 19 heavy (non-hydrogen) atoms. The second-order valence-corrected chi connectivity index (χ2v) is 3.59. The molecule has 0 aliphatic heterocycles. The molecular formula is C14H14N2O3. The van der Waals surface area contributed by atoms with E-state index in [9.17, 15) is 9.59 Å². The minimum absolute atomic E-state index is 0.0266. The molecule has 0 aromatic carbocycles. The molecule has 5 heteroatoms. The Bertz CT molecular complexity index is 519. The van der Waals surface area contributed by atoms with Crippen molar-refractivity contribution in [2.75, 3.05) is 0 Å². The van der Waals surface area contributed by atoms with Crippen molar-refractivity contribution in [3.05, 3.63) is 66.8 Å². The van der Waals surface area contributed by atoms with Crippen LogP contribution in [0.1, 0.15) is 11.7 Å². The summed E-state index contributed by atoms with van der Waals surface area (Å²) >= 11 is 0. The summed E-state index contributed by atoms with van der Waals surface area (Å²) < 4.78 is 1.31. The van der Waals surface area contributed by atoms with Gasteiger partial charge in [-0.15, -0.1) is 0 Å². The number of carbonyl (C=O) groups excluding carboxylic acids is 1. The summed E-state index contributed by atoms with van der Waals surface area (Å²) in [7, 11) is 0. The molecule has 1 N–H and O–H groups in total. The van der Waals surface area contributed by atoms with Crippen LogP contribution < -0.4 is 0 Å². The van der Waals surface area contributed by atoms with Gasteiger partial charge in [0.05, 0.1) is 0 Å². The zero-order valence-corrected chi connectivity index (χ0v) is 10.4. The highest BCUT2D eigenvalue weighted by atomic mass is 16.4. The number of aliphatic carboxylic acids is 1. The van der Waals surface area contributed by atoms with Gasteiger partial charge in [-0.3, -0.25) is 14.3 Å². The first-order chi connectivity index (χ1) is 9.11. The van der Waals surface area contributed by atoms with E-state index in [1.807, 2.05) is 18.2 Å². The smallest absolute Gasteiger partial charge is 0.331 e. The quantitative estimate of drug-likeness (QED) is 0.838. The summed E-state index contributed by atoms with van der Waals surface area (Å²) in [5.41, 5.74) is 0.0266. The van der Waals surface area contributed by atoms with Crippen LogP contribution in [0.3, 0.4) is 0 Å². The number of carbonyl (C=O) groups is 2. The monoisotopic (exact) mass is 258 g/mol. The molecule has 98 valence electrons. The summed E-state index contributed by atoms with van der Waals surface area (Å²) in [6.45, 7) is 1.38. The van der Waals surface area contributed by atoms with Crippen LogP contribution >= 0.6 is 0 Å². The number of aromatic nitrogens is 2. The normalized spacial score (nSPS) is 10.3. The third-order valence-corrected chi connectivity index (χ3v) is 2.10. The van der Waals surface area contributed by atoms with Crippen molar-refractivity contribution >= 4 is 11.9 Å². The lowest BCUT2D eigenvalue weighted by molar-refractivity contribution is -0.132. The van der Waals surface area contributed by atoms with Crippen LogP contribution in [-0.4, -0.2) is 26.5 Å². The van der Waals surface area contributed by atoms with E-state index in [2.05, 4.69) is 4.98 Å². The van der Waals surface area contributed by atoms with Crippen molar-refractivity contribution in [1.29, 1.82) is 0 Å². The van der Waals surface area contributed by atoms with E-state index >= 15 is 0 Å². The van der Waals surface area contributed by atoms with Gasteiger partial charge in [-0.05, 0) is 31.2 Å². The molecule has 0 radical (unpaired) electrons. The topological polar surface area (TPSA) is 72.2 Å². The van der Waals surface area contributed by atoms with E-state index < -0.39 is 5.97 Å². The summed E-state index contributed by atoms with van der Waals surface area (Å²) in [4.78, 5) is 25.4. The Kier molecular flexibility index (Phi) is 5.75. The second-order valence-electron chi connectivity index (χ2n) is 3.59. The van der Waals surface area contributed by atoms with Crippen LogP contribution in [0.25, 0.3) is 0 Å². The number of carboxylic acid groups (broad SMARTS) is 1. The fourth-order valence-corrected chi connectivity index (χ4v) is 1.12. The molecule has 0 aliphatic carbocycles. The maximum absolute atomic E-state index is 11.2. The molecule has 0 unspecified atom stereocenters. The Morgan fingerprint density at radius 3 is 2.00 bits per heavy atom. The lowest BCUT2D eigenvalue weighted by Crippen LogP contribution is -2.07. The second kappa shape index (κ2) is 7.60. The Balaban J connectivity index is 0.000000250. The van der Waals surface area contributed by atoms with Gasteiger partial charge in [0.2, 0.25) is 0 Å². The van der Waals surface area contributed by atoms with Crippen LogP contribution in [0.4, 0.5) is 0 Å². The van der Waals surface area contributed by atoms with Gasteiger partial charge in [0.15, 0.2) is 0 Å². The first-order valence-corrected chi connectivity index (χ1v) is 5.55. The number of pyridine rings is 1. The van der Waals surface area contributed by atoms with E-state index in [0.717, 1.165) is 6.08 Å². The first kappa shape index (κ1) is 14.4. The fraction of sp³-hybridized carbons (Fsp3) is 0.0714. The minimum Gasteiger partial charge on any atom is -0.478 e. The maximum Gasteiger partial charge on any atom is 0.331 e. The van der Waals surface area contributed by atoms with Crippen molar-refractivity contribution in [3.63, 3.8) is 0 Å². The van der Waals surface area contributed by atoms with Gasteiger partial charge in [0.1, 0.15) is 0 Å². The molecular weight excluding hydrogens is 244 g/mol. The molecule has 0 aliphatic rings. The van der Waals surface area contributed by atoms with Gasteiger partial charge in [-0.2, -0.15) is 0 Å². The van der Waals surface area contributed by atoms with Crippen molar-refractivity contribution in [2.45, 2.75) is 6.92 Å².